The summed E-state index contributed by atoms with van der Waals surface area (Å²) in [5.41, 5.74) is 2.37. The number of imide groups is 1. The first-order chi connectivity index (χ1) is 17.0. The van der Waals surface area contributed by atoms with Gasteiger partial charge in [-0.25, -0.2) is 4.39 Å². The van der Waals surface area contributed by atoms with E-state index in [4.69, 9.17) is 4.74 Å². The van der Waals surface area contributed by atoms with Crippen molar-refractivity contribution in [1.82, 2.24) is 4.90 Å². The molecule has 2 amide bonds. The minimum absolute atomic E-state index is 0.208. The summed E-state index contributed by atoms with van der Waals surface area (Å²) in [6.07, 6.45) is 1.68. The molecule has 0 saturated carbocycles. The third-order valence-corrected chi connectivity index (χ3v) is 6.99. The average Bonchev–Trinajstić information content (AvgIpc) is 3.12. The fraction of sp³-hybridized carbons (Fsp3) is 0.0714. The molecule has 1 saturated heterocycles. The first-order valence-corrected chi connectivity index (χ1v) is 12.5. The highest BCUT2D eigenvalue weighted by atomic mass is 79.9. The molecule has 4 aromatic carbocycles. The van der Waals surface area contributed by atoms with E-state index in [-0.39, 0.29) is 30.1 Å². The lowest BCUT2D eigenvalue weighted by atomic mass is 10.1. The zero-order valence-corrected chi connectivity index (χ0v) is 20.8. The van der Waals surface area contributed by atoms with Crippen LogP contribution in [-0.2, 0) is 17.9 Å². The summed E-state index contributed by atoms with van der Waals surface area (Å²) >= 11 is 4.37. The molecule has 0 aromatic heterocycles. The summed E-state index contributed by atoms with van der Waals surface area (Å²) < 4.78 is 19.9. The molecule has 0 atom stereocenters. The Morgan fingerprint density at radius 3 is 2.43 bits per heavy atom. The molecule has 1 fully saturated rings. The van der Waals surface area contributed by atoms with Gasteiger partial charge in [-0.05, 0) is 76.1 Å². The molecular weight excluding hydrogens is 529 g/mol. The largest absolute Gasteiger partial charge is 0.488 e. The standard InChI is InChI=1S/C28H19BrFNO3S/c29-23-9-12-25(34-17-18-6-10-24(30)11-7-18)22(14-23)15-26-27(32)31(28(33)35-26)16-19-5-8-20-3-1-2-4-21(20)13-19/h1-15H,16-17H2/b26-15-. The Morgan fingerprint density at radius 2 is 1.63 bits per heavy atom. The second-order valence-electron chi connectivity index (χ2n) is 8.05. The van der Waals surface area contributed by atoms with Crippen LogP contribution in [0, 0.1) is 5.82 Å². The number of ether oxygens (including phenoxy) is 1. The van der Waals surface area contributed by atoms with E-state index in [9.17, 15) is 14.0 Å². The predicted molar refractivity (Wildman–Crippen MR) is 140 cm³/mol. The van der Waals surface area contributed by atoms with Crippen LogP contribution in [0.25, 0.3) is 16.8 Å². The highest BCUT2D eigenvalue weighted by Gasteiger charge is 2.35. The minimum atomic E-state index is -0.336. The van der Waals surface area contributed by atoms with E-state index in [1.807, 2.05) is 54.6 Å². The smallest absolute Gasteiger partial charge is 0.293 e. The quantitative estimate of drug-likeness (QED) is 0.234. The molecular formula is C28H19BrFNO3S. The van der Waals surface area contributed by atoms with Crippen molar-refractivity contribution in [3.8, 4) is 5.75 Å². The van der Waals surface area contributed by atoms with Crippen LogP contribution in [0.3, 0.4) is 0 Å². The summed E-state index contributed by atoms with van der Waals surface area (Å²) in [6, 6.07) is 25.4. The van der Waals surface area contributed by atoms with Gasteiger partial charge in [-0.2, -0.15) is 0 Å². The van der Waals surface area contributed by atoms with Crippen LogP contribution < -0.4 is 4.74 Å². The van der Waals surface area contributed by atoms with Crippen molar-refractivity contribution < 1.29 is 18.7 Å². The number of amides is 2. The van der Waals surface area contributed by atoms with Gasteiger partial charge in [0.15, 0.2) is 0 Å². The lowest BCUT2D eigenvalue weighted by Gasteiger charge is -2.13. The Balaban J connectivity index is 1.36. The number of fused-ring (bicyclic) bond motifs is 1. The number of benzene rings is 4. The maximum absolute atomic E-state index is 13.2. The highest BCUT2D eigenvalue weighted by molar-refractivity contribution is 9.10. The Labute approximate surface area is 214 Å². The van der Waals surface area contributed by atoms with E-state index in [1.165, 1.54) is 17.0 Å². The van der Waals surface area contributed by atoms with Gasteiger partial charge in [0, 0.05) is 10.0 Å². The Hall–Kier alpha value is -3.42. The molecule has 1 heterocycles. The molecule has 0 spiro atoms. The number of nitrogens with zero attached hydrogens (tertiary/aromatic N) is 1. The third-order valence-electron chi connectivity index (χ3n) is 5.59. The van der Waals surface area contributed by atoms with E-state index in [0.29, 0.717) is 16.2 Å². The van der Waals surface area contributed by atoms with Crippen LogP contribution in [0.15, 0.2) is 94.3 Å². The SMILES string of the molecule is O=C1S/C(=C\c2cc(Br)ccc2OCc2ccc(F)cc2)C(=O)N1Cc1ccc2ccccc2c1. The molecule has 0 unspecified atom stereocenters. The number of rotatable bonds is 6. The molecule has 0 N–H and O–H groups in total. The molecule has 0 radical (unpaired) electrons. The first kappa shape index (κ1) is 23.3. The van der Waals surface area contributed by atoms with Crippen molar-refractivity contribution in [2.75, 3.05) is 0 Å². The second-order valence-corrected chi connectivity index (χ2v) is 9.96. The Morgan fingerprint density at radius 1 is 0.886 bits per heavy atom. The summed E-state index contributed by atoms with van der Waals surface area (Å²) in [7, 11) is 0. The van der Waals surface area contributed by atoms with E-state index in [2.05, 4.69) is 15.9 Å². The van der Waals surface area contributed by atoms with Gasteiger partial charge in [0.2, 0.25) is 0 Å². The Bertz CT molecular complexity index is 1470. The van der Waals surface area contributed by atoms with Crippen molar-refractivity contribution in [2.24, 2.45) is 0 Å². The maximum Gasteiger partial charge on any atom is 0.293 e. The van der Waals surface area contributed by atoms with Gasteiger partial charge in [-0.1, -0.05) is 64.5 Å². The van der Waals surface area contributed by atoms with Crippen molar-refractivity contribution in [2.45, 2.75) is 13.2 Å². The zero-order chi connectivity index (χ0) is 24.4. The van der Waals surface area contributed by atoms with Gasteiger partial charge < -0.3 is 4.74 Å². The fourth-order valence-electron chi connectivity index (χ4n) is 3.80. The number of halogens is 2. The summed E-state index contributed by atoms with van der Waals surface area (Å²) in [5, 5.41) is 1.86. The van der Waals surface area contributed by atoms with Gasteiger partial charge in [0.1, 0.15) is 18.2 Å². The van der Waals surface area contributed by atoms with Gasteiger partial charge in [-0.3, -0.25) is 14.5 Å². The van der Waals surface area contributed by atoms with E-state index >= 15 is 0 Å². The number of hydrogen-bond acceptors (Lipinski definition) is 4. The molecule has 0 aliphatic carbocycles. The molecule has 7 heteroatoms. The number of hydrogen-bond donors (Lipinski definition) is 0. The van der Waals surface area contributed by atoms with Gasteiger partial charge in [-0.15, -0.1) is 0 Å². The number of carbonyl (C=O) groups excluding carboxylic acids is 2. The van der Waals surface area contributed by atoms with Gasteiger partial charge in [0.25, 0.3) is 11.1 Å². The van der Waals surface area contributed by atoms with Crippen LogP contribution in [-0.4, -0.2) is 16.0 Å². The van der Waals surface area contributed by atoms with Crippen LogP contribution in [0.5, 0.6) is 5.75 Å². The third kappa shape index (κ3) is 5.31. The van der Waals surface area contributed by atoms with Gasteiger partial charge >= 0.3 is 0 Å². The molecule has 4 nitrogen and oxygen atoms in total. The van der Waals surface area contributed by atoms with Crippen LogP contribution in [0.1, 0.15) is 16.7 Å². The fourth-order valence-corrected chi connectivity index (χ4v) is 5.01. The monoisotopic (exact) mass is 547 g/mol. The molecule has 1 aliphatic rings. The van der Waals surface area contributed by atoms with Gasteiger partial charge in [0.05, 0.1) is 11.4 Å². The molecule has 5 rings (SSSR count). The van der Waals surface area contributed by atoms with E-state index in [1.54, 1.807) is 24.3 Å². The number of carbonyl (C=O) groups is 2. The van der Waals surface area contributed by atoms with E-state index < -0.39 is 0 Å². The minimum Gasteiger partial charge on any atom is -0.488 e. The lowest BCUT2D eigenvalue weighted by molar-refractivity contribution is -0.123. The highest BCUT2D eigenvalue weighted by Crippen LogP contribution is 2.36. The van der Waals surface area contributed by atoms with Crippen molar-refractivity contribution >= 4 is 55.7 Å². The van der Waals surface area contributed by atoms with Crippen molar-refractivity contribution in [3.05, 3.63) is 117 Å². The lowest BCUT2D eigenvalue weighted by Crippen LogP contribution is -2.27. The predicted octanol–water partition coefficient (Wildman–Crippen LogP) is 7.56. The average molecular weight is 548 g/mol. The molecule has 174 valence electrons. The molecule has 0 bridgehead atoms. The molecule has 35 heavy (non-hydrogen) atoms. The zero-order valence-electron chi connectivity index (χ0n) is 18.4. The maximum atomic E-state index is 13.2. The van der Waals surface area contributed by atoms with E-state index in [0.717, 1.165) is 38.1 Å². The Kier molecular flexibility index (Phi) is 6.70. The summed E-state index contributed by atoms with van der Waals surface area (Å²) in [6.45, 7) is 0.450. The topological polar surface area (TPSA) is 46.6 Å². The van der Waals surface area contributed by atoms with Crippen LogP contribution >= 0.6 is 27.7 Å². The van der Waals surface area contributed by atoms with Crippen molar-refractivity contribution in [1.29, 1.82) is 0 Å². The van der Waals surface area contributed by atoms with Crippen molar-refractivity contribution in [3.63, 3.8) is 0 Å². The summed E-state index contributed by atoms with van der Waals surface area (Å²) in [4.78, 5) is 27.4. The van der Waals surface area contributed by atoms with Crippen LogP contribution in [0.2, 0.25) is 0 Å². The second kappa shape index (κ2) is 10.1. The summed E-state index contributed by atoms with van der Waals surface area (Å²) in [5.74, 6) is -0.0889. The molecule has 1 aliphatic heterocycles. The number of thioether (sulfide) groups is 1. The molecule has 4 aromatic rings. The first-order valence-electron chi connectivity index (χ1n) is 10.9. The van der Waals surface area contributed by atoms with Crippen LogP contribution in [0.4, 0.5) is 9.18 Å². The normalized spacial score (nSPS) is 14.8.